The normalized spacial score (nSPS) is 17.0. The van der Waals surface area contributed by atoms with E-state index in [4.69, 9.17) is 0 Å². The Bertz CT molecular complexity index is 3610. The van der Waals surface area contributed by atoms with Gasteiger partial charge in [-0.05, 0) is 185 Å². The minimum Gasteiger partial charge on any atom is -0.380 e. The van der Waals surface area contributed by atoms with E-state index in [1.54, 1.807) is 0 Å². The van der Waals surface area contributed by atoms with Crippen molar-refractivity contribution in [2.75, 3.05) is 21.3 Å². The highest BCUT2D eigenvalue weighted by atomic mass is 16.3. The summed E-state index contributed by atoms with van der Waals surface area (Å²) in [5, 5.41) is 46.3. The second kappa shape index (κ2) is 15.7. The number of rotatable bonds is 8. The van der Waals surface area contributed by atoms with Crippen molar-refractivity contribution in [1.82, 2.24) is 0 Å². The number of hydrogen-bond donors (Lipinski definition) is 6. The molecule has 10 aromatic carbocycles. The van der Waals surface area contributed by atoms with Crippen LogP contribution in [0.3, 0.4) is 0 Å². The first-order valence-corrected chi connectivity index (χ1v) is 25.0. The molecule has 0 radical (unpaired) electrons. The van der Waals surface area contributed by atoms with Crippen LogP contribution < -0.4 is 21.3 Å². The molecule has 2 atom stereocenters. The standard InChI is InChI=1S/C66H56N4O2/c1-63(2,3)65(71)55-31-27-48(68-44-21-25-46(26-22-44)70-60-34-18-42-36-54(60)52-30-16-40-12-8-10-14-50(40)62(42)52)38-58(55)66(72,64(4,5)6)56-32-28-47(37-57(56)65)67-43-19-23-45(24-20-43)69-59-33-17-41-35-53(59)51-29-15-39-11-7-9-13-49(39)61(41)51/h7-38,67-72H,1-6H3. The molecule has 13 rings (SSSR count). The second-order valence-corrected chi connectivity index (χ2v) is 22.0. The molecule has 4 bridgehead atoms. The Balaban J connectivity index is 0.761. The van der Waals surface area contributed by atoms with Gasteiger partial charge in [0.15, 0.2) is 0 Å². The molecule has 72 heavy (non-hydrogen) atoms. The van der Waals surface area contributed by atoms with Gasteiger partial charge in [0, 0.05) is 56.6 Å². The molecule has 352 valence electrons. The van der Waals surface area contributed by atoms with Gasteiger partial charge in [-0.1, -0.05) is 139 Å². The highest BCUT2D eigenvalue weighted by molar-refractivity contribution is 6.11. The molecule has 3 aliphatic carbocycles. The lowest BCUT2D eigenvalue weighted by molar-refractivity contribution is -0.0701. The van der Waals surface area contributed by atoms with Crippen molar-refractivity contribution in [3.63, 3.8) is 0 Å². The van der Waals surface area contributed by atoms with Crippen molar-refractivity contribution >= 4 is 67.0 Å². The van der Waals surface area contributed by atoms with Crippen LogP contribution in [0.2, 0.25) is 0 Å². The molecule has 6 nitrogen and oxygen atoms in total. The Morgan fingerprint density at radius 3 is 1.07 bits per heavy atom. The predicted octanol–water partition coefficient (Wildman–Crippen LogP) is 17.1. The van der Waals surface area contributed by atoms with Crippen molar-refractivity contribution in [1.29, 1.82) is 0 Å². The van der Waals surface area contributed by atoms with Crippen LogP contribution in [0.4, 0.5) is 45.5 Å². The Morgan fingerprint density at radius 1 is 0.319 bits per heavy atom. The third-order valence-electron chi connectivity index (χ3n) is 15.7. The number of fused-ring (bicyclic) bond motifs is 16. The quantitative estimate of drug-likeness (QED) is 0.0910. The minimum atomic E-state index is -1.44. The third kappa shape index (κ3) is 6.63. The summed E-state index contributed by atoms with van der Waals surface area (Å²) in [6.45, 7) is 12.4. The summed E-state index contributed by atoms with van der Waals surface area (Å²) in [7, 11) is 0. The summed E-state index contributed by atoms with van der Waals surface area (Å²) in [6, 6.07) is 68.1. The lowest BCUT2D eigenvalue weighted by Crippen LogP contribution is -2.53. The fourth-order valence-corrected chi connectivity index (χ4v) is 12.0. The average molecular weight is 937 g/mol. The molecule has 0 aliphatic heterocycles. The van der Waals surface area contributed by atoms with Gasteiger partial charge in [-0.3, -0.25) is 0 Å². The van der Waals surface area contributed by atoms with E-state index in [1.165, 1.54) is 66.1 Å². The lowest BCUT2D eigenvalue weighted by atomic mass is 9.55. The van der Waals surface area contributed by atoms with Gasteiger partial charge in [-0.25, -0.2) is 0 Å². The van der Waals surface area contributed by atoms with E-state index in [1.807, 2.05) is 36.4 Å². The van der Waals surface area contributed by atoms with Crippen LogP contribution >= 0.6 is 0 Å². The number of hydrogen-bond acceptors (Lipinski definition) is 6. The van der Waals surface area contributed by atoms with Crippen molar-refractivity contribution in [2.45, 2.75) is 52.7 Å². The zero-order chi connectivity index (χ0) is 49.3. The zero-order valence-corrected chi connectivity index (χ0v) is 41.4. The maximum Gasteiger partial charge on any atom is 0.120 e. The van der Waals surface area contributed by atoms with E-state index in [9.17, 15) is 10.2 Å². The van der Waals surface area contributed by atoms with Gasteiger partial charge < -0.3 is 31.5 Å². The first-order chi connectivity index (χ1) is 34.7. The smallest absolute Gasteiger partial charge is 0.120 e. The summed E-state index contributed by atoms with van der Waals surface area (Å²) in [6.07, 6.45) is 0. The van der Waals surface area contributed by atoms with Crippen LogP contribution in [-0.4, -0.2) is 10.2 Å². The molecule has 0 fully saturated rings. The van der Waals surface area contributed by atoms with Crippen molar-refractivity contribution in [3.05, 3.63) is 216 Å². The van der Waals surface area contributed by atoms with Gasteiger partial charge in [0.1, 0.15) is 11.2 Å². The van der Waals surface area contributed by atoms with Gasteiger partial charge in [0.2, 0.25) is 0 Å². The predicted molar refractivity (Wildman–Crippen MR) is 301 cm³/mol. The summed E-state index contributed by atoms with van der Waals surface area (Å²) in [4.78, 5) is 0. The molecule has 2 unspecified atom stereocenters. The molecule has 10 aromatic rings. The second-order valence-electron chi connectivity index (χ2n) is 22.0. The van der Waals surface area contributed by atoms with Crippen molar-refractivity contribution < 1.29 is 10.2 Å². The van der Waals surface area contributed by atoms with Gasteiger partial charge in [0.25, 0.3) is 0 Å². The lowest BCUT2D eigenvalue weighted by Gasteiger charge is -2.54. The molecule has 6 N–H and O–H groups in total. The highest BCUT2D eigenvalue weighted by Gasteiger charge is 2.58. The average Bonchev–Trinajstić information content (AvgIpc) is 3.86. The largest absolute Gasteiger partial charge is 0.380 e. The first-order valence-electron chi connectivity index (χ1n) is 25.0. The third-order valence-corrected chi connectivity index (χ3v) is 15.7. The summed E-state index contributed by atoms with van der Waals surface area (Å²) < 4.78 is 0. The monoisotopic (exact) mass is 936 g/mol. The molecule has 0 aromatic heterocycles. The van der Waals surface area contributed by atoms with Crippen LogP contribution in [0.15, 0.2) is 194 Å². The molecule has 0 saturated heterocycles. The fraction of sp³-hybridized carbons (Fsp3) is 0.152. The summed E-state index contributed by atoms with van der Waals surface area (Å²) in [5.74, 6) is 0. The molecular formula is C66H56N4O2. The van der Waals surface area contributed by atoms with Crippen molar-refractivity contribution in [3.8, 4) is 44.5 Å². The highest BCUT2D eigenvalue weighted by Crippen LogP contribution is 2.60. The van der Waals surface area contributed by atoms with Crippen LogP contribution in [0.5, 0.6) is 0 Å². The topological polar surface area (TPSA) is 88.6 Å². The molecule has 0 heterocycles. The van der Waals surface area contributed by atoms with Crippen LogP contribution in [0.1, 0.15) is 63.8 Å². The number of nitrogens with one attached hydrogen (secondary N) is 4. The van der Waals surface area contributed by atoms with E-state index in [0.717, 1.165) is 45.5 Å². The Morgan fingerprint density at radius 2 is 0.681 bits per heavy atom. The number of anilines is 8. The van der Waals surface area contributed by atoms with E-state index >= 15 is 0 Å². The molecule has 0 amide bonds. The van der Waals surface area contributed by atoms with E-state index in [-0.39, 0.29) is 0 Å². The first kappa shape index (κ1) is 43.8. The van der Waals surface area contributed by atoms with Crippen molar-refractivity contribution in [2.24, 2.45) is 10.8 Å². The van der Waals surface area contributed by atoms with E-state index in [0.29, 0.717) is 22.3 Å². The Hall–Kier alpha value is -8.16. The maximum atomic E-state index is 13.3. The summed E-state index contributed by atoms with van der Waals surface area (Å²) in [5.41, 5.74) is 16.1. The molecule has 0 spiro atoms. The zero-order valence-electron chi connectivity index (χ0n) is 41.4. The molecule has 0 saturated carbocycles. The molecule has 6 heteroatoms. The number of benzene rings is 10. The van der Waals surface area contributed by atoms with Gasteiger partial charge >= 0.3 is 0 Å². The molecule has 3 aliphatic rings. The van der Waals surface area contributed by atoms with Crippen LogP contribution in [-0.2, 0) is 11.2 Å². The number of aliphatic hydroxyl groups is 2. The Labute approximate surface area is 421 Å². The SMILES string of the molecule is CC(C)(C)C1(O)c2ccc(Nc3ccc(Nc4ccc5cc4-c4ccc6ccccc6c4-5)cc3)cc2C(O)(C(C)(C)C)c2ccc(Nc3ccc(Nc4ccc5cc4-c4ccc6ccccc6c4-5)cc3)cc21. The fourth-order valence-electron chi connectivity index (χ4n) is 12.0. The van der Waals surface area contributed by atoms with E-state index < -0.39 is 22.0 Å². The van der Waals surface area contributed by atoms with Gasteiger partial charge in [-0.15, -0.1) is 0 Å². The van der Waals surface area contributed by atoms with Gasteiger partial charge in [0.05, 0.1) is 0 Å². The van der Waals surface area contributed by atoms with Crippen LogP contribution in [0, 0.1) is 10.8 Å². The van der Waals surface area contributed by atoms with Gasteiger partial charge in [-0.2, -0.15) is 0 Å². The van der Waals surface area contributed by atoms with E-state index in [2.05, 4.69) is 221 Å². The van der Waals surface area contributed by atoms with Crippen LogP contribution in [0.25, 0.3) is 66.1 Å². The maximum absolute atomic E-state index is 13.3. The Kier molecular flexibility index (Phi) is 9.54. The molecular weight excluding hydrogens is 881 g/mol. The summed E-state index contributed by atoms with van der Waals surface area (Å²) >= 11 is 0. The minimum absolute atomic E-state index is 0.652.